The fourth-order valence-corrected chi connectivity index (χ4v) is 0.217. The molecule has 0 aromatic heterocycles. The monoisotopic (exact) mass is 119 g/mol. The Labute approximate surface area is 55.5 Å². The van der Waals surface area contributed by atoms with E-state index in [0.29, 0.717) is 0 Å². The molecule has 8 heavy (non-hydrogen) atoms. The van der Waals surface area contributed by atoms with Crippen LogP contribution in [0.3, 0.4) is 0 Å². The fraction of sp³-hybridized carbons (Fsp3) is 1.00. The van der Waals surface area contributed by atoms with E-state index in [-0.39, 0.29) is 0 Å². The summed E-state index contributed by atoms with van der Waals surface area (Å²) in [5, 5.41) is 0. The first kappa shape index (κ1) is 3.85. The molecule has 0 radical (unpaired) electrons. The molecule has 2 heteroatoms. The Balaban J connectivity index is 4.75. The van der Waals surface area contributed by atoms with Gasteiger partial charge in [0.15, 0.2) is 0 Å². The van der Waals surface area contributed by atoms with Gasteiger partial charge in [-0.2, -0.15) is 0 Å². The van der Waals surface area contributed by atoms with E-state index in [2.05, 4.69) is 0 Å². The predicted molar refractivity (Wildman–Crippen MR) is 36.5 cm³/mol. The zero-order valence-corrected chi connectivity index (χ0v) is 5.65. The first-order valence-electron chi connectivity index (χ1n) is 4.08. The van der Waals surface area contributed by atoms with Gasteiger partial charge in [-0.1, -0.05) is 20.8 Å². The van der Waals surface area contributed by atoms with Gasteiger partial charge >= 0.3 is 0 Å². The van der Waals surface area contributed by atoms with E-state index < -0.39 is 17.9 Å². The van der Waals surface area contributed by atoms with E-state index in [1.165, 1.54) is 0 Å². The van der Waals surface area contributed by atoms with Crippen molar-refractivity contribution in [1.82, 2.24) is 0 Å². The van der Waals surface area contributed by atoms with Gasteiger partial charge in [-0.15, -0.1) is 0 Å². The lowest BCUT2D eigenvalue weighted by Crippen LogP contribution is -2.41. The average molecular weight is 119 g/mol. The zero-order chi connectivity index (χ0) is 9.50. The molecule has 0 aliphatic rings. The van der Waals surface area contributed by atoms with Crippen molar-refractivity contribution < 1.29 is 4.11 Å². The molecule has 1 atom stereocenters. The van der Waals surface area contributed by atoms with Gasteiger partial charge in [0.2, 0.25) is 0 Å². The molecular formula is C6H16N2. The van der Waals surface area contributed by atoms with Crippen LogP contribution in [0.15, 0.2) is 0 Å². The van der Waals surface area contributed by atoms with Crippen molar-refractivity contribution in [3.05, 3.63) is 0 Å². The summed E-state index contributed by atoms with van der Waals surface area (Å²) >= 11 is 0. The molecule has 0 aromatic rings. The molecule has 0 amide bonds. The summed E-state index contributed by atoms with van der Waals surface area (Å²) in [7, 11) is 0. The highest BCUT2D eigenvalue weighted by molar-refractivity contribution is 4.76. The van der Waals surface area contributed by atoms with Crippen molar-refractivity contribution in [1.29, 1.82) is 0 Å². The molecule has 0 fully saturated rings. The molecule has 0 saturated carbocycles. The molecule has 50 valence electrons. The minimum atomic E-state index is -2.18. The third kappa shape index (κ3) is 2.28. The van der Waals surface area contributed by atoms with Gasteiger partial charge in [-0.3, -0.25) is 0 Å². The Hall–Kier alpha value is -0.0800. The van der Waals surface area contributed by atoms with Crippen molar-refractivity contribution in [2.45, 2.75) is 26.8 Å². The van der Waals surface area contributed by atoms with E-state index in [4.69, 9.17) is 15.6 Å². The highest BCUT2D eigenvalue weighted by Crippen LogP contribution is 2.15. The smallest absolute Gasteiger partial charge is 0.0481 e. The number of nitrogens with two attached hydrogens (primary N) is 2. The highest BCUT2D eigenvalue weighted by atomic mass is 14.7. The van der Waals surface area contributed by atoms with Gasteiger partial charge in [0.25, 0.3) is 0 Å². The van der Waals surface area contributed by atoms with E-state index in [1.807, 2.05) is 0 Å². The van der Waals surface area contributed by atoms with Crippen molar-refractivity contribution in [2.75, 3.05) is 6.50 Å². The van der Waals surface area contributed by atoms with Crippen molar-refractivity contribution in [2.24, 2.45) is 16.9 Å². The van der Waals surface area contributed by atoms with Gasteiger partial charge in [0.05, 0.1) is 0 Å². The van der Waals surface area contributed by atoms with E-state index in [1.54, 1.807) is 20.8 Å². The summed E-state index contributed by atoms with van der Waals surface area (Å²) in [6, 6.07) is -1.76. The predicted octanol–water partition coefficient (Wildman–Crippen LogP) is 0.318. The van der Waals surface area contributed by atoms with Gasteiger partial charge in [-0.05, 0) is 5.41 Å². The Morgan fingerprint density at radius 3 is 2.12 bits per heavy atom. The van der Waals surface area contributed by atoms with Crippen LogP contribution in [0.1, 0.15) is 24.9 Å². The molecule has 0 bridgehead atoms. The summed E-state index contributed by atoms with van der Waals surface area (Å²) in [5.41, 5.74) is 9.88. The molecule has 0 aromatic carbocycles. The number of hydrogen-bond acceptors (Lipinski definition) is 2. The summed E-state index contributed by atoms with van der Waals surface area (Å²) in [6.07, 6.45) is 0. The second-order valence-electron chi connectivity index (χ2n) is 2.81. The largest absolute Gasteiger partial charge is 0.329 e. The average Bonchev–Trinajstić information content (AvgIpc) is 1.58. The van der Waals surface area contributed by atoms with Gasteiger partial charge in [-0.25, -0.2) is 0 Å². The van der Waals surface area contributed by atoms with Crippen LogP contribution in [0.4, 0.5) is 0 Å². The first-order valence-corrected chi connectivity index (χ1v) is 2.58. The Bertz CT molecular complexity index is 127. The van der Waals surface area contributed by atoms with E-state index in [0.717, 1.165) is 0 Å². The second kappa shape index (κ2) is 2.46. The van der Waals surface area contributed by atoms with Gasteiger partial charge < -0.3 is 11.5 Å². The van der Waals surface area contributed by atoms with Crippen molar-refractivity contribution in [3.8, 4) is 0 Å². The maximum absolute atomic E-state index is 7.51. The lowest BCUT2D eigenvalue weighted by atomic mass is 9.88. The summed E-state index contributed by atoms with van der Waals surface area (Å²) in [4.78, 5) is 0. The van der Waals surface area contributed by atoms with Crippen molar-refractivity contribution in [3.63, 3.8) is 0 Å². The summed E-state index contributed by atoms with van der Waals surface area (Å²) in [6.45, 7) is 2.88. The van der Waals surface area contributed by atoms with Crippen molar-refractivity contribution >= 4 is 0 Å². The molecule has 2 nitrogen and oxygen atoms in total. The van der Waals surface area contributed by atoms with Crippen LogP contribution < -0.4 is 11.5 Å². The maximum atomic E-state index is 7.51. The van der Waals surface area contributed by atoms with Crippen LogP contribution in [0.2, 0.25) is 0 Å². The first-order chi connectivity index (χ1) is 4.50. The van der Waals surface area contributed by atoms with E-state index >= 15 is 0 Å². The lowest BCUT2D eigenvalue weighted by molar-refractivity contribution is 0.326. The topological polar surface area (TPSA) is 52.0 Å². The van der Waals surface area contributed by atoms with Crippen LogP contribution in [-0.2, 0) is 0 Å². The SMILES string of the molecule is [2H]C([2H])(N)C([2H])(N)C(C)(C)C. The zero-order valence-electron chi connectivity index (χ0n) is 8.65. The van der Waals surface area contributed by atoms with Crippen LogP contribution >= 0.6 is 0 Å². The third-order valence-electron chi connectivity index (χ3n) is 0.964. The molecular weight excluding hydrogens is 100 g/mol. The molecule has 0 spiro atoms. The lowest BCUT2D eigenvalue weighted by Gasteiger charge is -2.25. The summed E-state index contributed by atoms with van der Waals surface area (Å²) in [5.74, 6) is 0. The van der Waals surface area contributed by atoms with Gasteiger partial charge in [0, 0.05) is 16.6 Å². The second-order valence-corrected chi connectivity index (χ2v) is 2.81. The molecule has 0 aliphatic heterocycles. The standard InChI is InChI=1S/C6H16N2/c1-6(2,3)5(8)4-7/h5H,4,7-8H2,1-3H3/i4D2,5D. The highest BCUT2D eigenvalue weighted by Gasteiger charge is 2.17. The van der Waals surface area contributed by atoms with Crippen LogP contribution in [-0.4, -0.2) is 12.5 Å². The normalized spacial score (nSPS) is 27.4. The molecule has 4 N–H and O–H groups in total. The Kier molecular flexibility index (Phi) is 1.19. The van der Waals surface area contributed by atoms with Crippen LogP contribution in [0.25, 0.3) is 0 Å². The molecule has 0 aliphatic carbocycles. The quantitative estimate of drug-likeness (QED) is 0.522. The fourth-order valence-electron chi connectivity index (χ4n) is 0.217. The Morgan fingerprint density at radius 2 is 2.12 bits per heavy atom. The Morgan fingerprint density at radius 1 is 1.75 bits per heavy atom. The minimum absolute atomic E-state index is 0.675. The maximum Gasteiger partial charge on any atom is 0.0481 e. The number of hydrogen-bond donors (Lipinski definition) is 2. The molecule has 0 saturated heterocycles. The summed E-state index contributed by atoms with van der Waals surface area (Å²) < 4.78 is 21.8. The minimum Gasteiger partial charge on any atom is -0.329 e. The third-order valence-corrected chi connectivity index (χ3v) is 0.964. The number of rotatable bonds is 1. The molecule has 1 unspecified atom stereocenters. The van der Waals surface area contributed by atoms with E-state index in [9.17, 15) is 0 Å². The molecule has 0 rings (SSSR count). The van der Waals surface area contributed by atoms with Crippen LogP contribution in [0.5, 0.6) is 0 Å². The van der Waals surface area contributed by atoms with Gasteiger partial charge in [0.1, 0.15) is 0 Å². The van der Waals surface area contributed by atoms with Crippen LogP contribution in [0, 0.1) is 5.41 Å². The molecule has 0 heterocycles.